The zero-order valence-corrected chi connectivity index (χ0v) is 12.7. The smallest absolute Gasteiger partial charge is 0.369 e. The molecule has 8 heteroatoms. The maximum absolute atomic E-state index is 12.9. The number of anilines is 2. The minimum absolute atomic E-state index is 0.0215. The summed E-state index contributed by atoms with van der Waals surface area (Å²) in [5.41, 5.74) is -0.919. The predicted octanol–water partition coefficient (Wildman–Crippen LogP) is 3.62. The molecule has 0 aromatic carbocycles. The number of nitrogens with zero attached hydrogens (tertiary/aromatic N) is 2. The number of rotatable bonds is 6. The quantitative estimate of drug-likeness (QED) is 0.838. The van der Waals surface area contributed by atoms with E-state index in [1.165, 1.54) is 0 Å². The van der Waals surface area contributed by atoms with Gasteiger partial charge in [0.15, 0.2) is 5.69 Å². The lowest BCUT2D eigenvalue weighted by molar-refractivity contribution is -0.141. The third kappa shape index (κ3) is 4.94. The van der Waals surface area contributed by atoms with E-state index in [0.717, 1.165) is 31.1 Å². The van der Waals surface area contributed by atoms with Gasteiger partial charge in [0.1, 0.15) is 5.82 Å². The third-order valence-electron chi connectivity index (χ3n) is 3.08. The van der Waals surface area contributed by atoms with Crippen molar-refractivity contribution in [3.8, 4) is 0 Å². The average molecular weight is 320 g/mol. The van der Waals surface area contributed by atoms with Crippen LogP contribution in [0.3, 0.4) is 0 Å². The van der Waals surface area contributed by atoms with Crippen molar-refractivity contribution in [3.05, 3.63) is 11.8 Å². The number of hydrogen-bond acceptors (Lipinski definition) is 5. The molecule has 2 rings (SSSR count). The van der Waals surface area contributed by atoms with Gasteiger partial charge < -0.3 is 10.6 Å². The molecule has 0 amide bonds. The fraction of sp³-hybridized carbons (Fsp3) is 0.692. The topological polar surface area (TPSA) is 49.8 Å². The molecule has 1 aliphatic rings. The summed E-state index contributed by atoms with van der Waals surface area (Å²) in [6.45, 7) is 3.10. The Morgan fingerprint density at radius 3 is 2.76 bits per heavy atom. The summed E-state index contributed by atoms with van der Waals surface area (Å²) in [6, 6.07) is 0.969. The SMILES string of the molecule is CCCNc1nc(NCC2CCCS2)cc(C(F)(F)F)n1. The number of aromatic nitrogens is 2. The number of nitrogens with one attached hydrogen (secondary N) is 2. The van der Waals surface area contributed by atoms with E-state index in [0.29, 0.717) is 18.3 Å². The van der Waals surface area contributed by atoms with Gasteiger partial charge in [-0.1, -0.05) is 6.92 Å². The molecule has 0 spiro atoms. The molecule has 1 unspecified atom stereocenters. The van der Waals surface area contributed by atoms with Crippen LogP contribution in [0.5, 0.6) is 0 Å². The zero-order chi connectivity index (χ0) is 15.3. The van der Waals surface area contributed by atoms with Crippen LogP contribution in [0.25, 0.3) is 0 Å². The number of hydrogen-bond donors (Lipinski definition) is 2. The lowest BCUT2D eigenvalue weighted by atomic mass is 10.2. The van der Waals surface area contributed by atoms with E-state index >= 15 is 0 Å². The van der Waals surface area contributed by atoms with Gasteiger partial charge in [-0.2, -0.15) is 29.9 Å². The minimum atomic E-state index is -4.47. The summed E-state index contributed by atoms with van der Waals surface area (Å²) in [5.74, 6) is 1.37. The lowest BCUT2D eigenvalue weighted by Crippen LogP contribution is -2.18. The highest BCUT2D eigenvalue weighted by Gasteiger charge is 2.33. The summed E-state index contributed by atoms with van der Waals surface area (Å²) in [4.78, 5) is 7.63. The molecule has 4 nitrogen and oxygen atoms in total. The largest absolute Gasteiger partial charge is 0.433 e. The van der Waals surface area contributed by atoms with Crippen molar-refractivity contribution < 1.29 is 13.2 Å². The highest BCUT2D eigenvalue weighted by atomic mass is 32.2. The fourth-order valence-electron chi connectivity index (χ4n) is 2.02. The Hall–Kier alpha value is -1.18. The van der Waals surface area contributed by atoms with Gasteiger partial charge in [-0.25, -0.2) is 4.98 Å². The zero-order valence-electron chi connectivity index (χ0n) is 11.8. The molecular formula is C13H19F3N4S. The van der Waals surface area contributed by atoms with E-state index in [1.54, 1.807) is 0 Å². The Labute approximate surface area is 126 Å². The van der Waals surface area contributed by atoms with E-state index < -0.39 is 11.9 Å². The molecule has 21 heavy (non-hydrogen) atoms. The lowest BCUT2D eigenvalue weighted by Gasteiger charge is -2.14. The Morgan fingerprint density at radius 2 is 2.14 bits per heavy atom. The maximum Gasteiger partial charge on any atom is 0.433 e. The summed E-state index contributed by atoms with van der Waals surface area (Å²) in [6.07, 6.45) is -1.42. The minimum Gasteiger partial charge on any atom is -0.369 e. The van der Waals surface area contributed by atoms with Crippen LogP contribution in [0.4, 0.5) is 24.9 Å². The predicted molar refractivity (Wildman–Crippen MR) is 79.8 cm³/mol. The normalized spacial score (nSPS) is 18.8. The van der Waals surface area contributed by atoms with E-state index in [9.17, 15) is 13.2 Å². The van der Waals surface area contributed by atoms with Crippen molar-refractivity contribution in [3.63, 3.8) is 0 Å². The Balaban J connectivity index is 2.09. The highest BCUT2D eigenvalue weighted by Crippen LogP contribution is 2.30. The van der Waals surface area contributed by atoms with Crippen molar-refractivity contribution in [1.82, 2.24) is 9.97 Å². The van der Waals surface area contributed by atoms with Gasteiger partial charge in [0.2, 0.25) is 5.95 Å². The molecule has 1 aliphatic heterocycles. The molecule has 2 N–H and O–H groups in total. The van der Waals surface area contributed by atoms with Crippen molar-refractivity contribution in [2.75, 3.05) is 29.5 Å². The molecular weight excluding hydrogens is 301 g/mol. The van der Waals surface area contributed by atoms with Crippen LogP contribution in [0, 0.1) is 0 Å². The summed E-state index contributed by atoms with van der Waals surface area (Å²) < 4.78 is 38.6. The maximum atomic E-state index is 12.9. The monoisotopic (exact) mass is 320 g/mol. The number of alkyl halides is 3. The molecule has 0 saturated carbocycles. The van der Waals surface area contributed by atoms with Crippen LogP contribution in [-0.2, 0) is 6.18 Å². The number of thioether (sulfide) groups is 1. The Morgan fingerprint density at radius 1 is 1.33 bits per heavy atom. The van der Waals surface area contributed by atoms with Gasteiger partial charge >= 0.3 is 6.18 Å². The molecule has 2 heterocycles. The van der Waals surface area contributed by atoms with Gasteiger partial charge in [0, 0.05) is 24.4 Å². The van der Waals surface area contributed by atoms with Crippen LogP contribution in [0.1, 0.15) is 31.9 Å². The summed E-state index contributed by atoms with van der Waals surface area (Å²) >= 11 is 1.85. The van der Waals surface area contributed by atoms with E-state index in [1.807, 2.05) is 18.7 Å². The fourth-order valence-corrected chi connectivity index (χ4v) is 3.22. The Bertz CT molecular complexity index is 461. The molecule has 1 saturated heterocycles. The third-order valence-corrected chi connectivity index (χ3v) is 4.48. The molecule has 1 atom stereocenters. The molecule has 1 aromatic heterocycles. The van der Waals surface area contributed by atoms with Crippen LogP contribution in [0.15, 0.2) is 6.07 Å². The number of halogens is 3. The Kier molecular flexibility index (Phi) is 5.55. The van der Waals surface area contributed by atoms with Crippen LogP contribution in [0.2, 0.25) is 0 Å². The second-order valence-corrected chi connectivity index (χ2v) is 6.31. The molecule has 118 valence electrons. The second kappa shape index (κ2) is 7.20. The van der Waals surface area contributed by atoms with E-state index in [-0.39, 0.29) is 11.8 Å². The second-order valence-electron chi connectivity index (χ2n) is 4.90. The van der Waals surface area contributed by atoms with Gasteiger partial charge in [0.05, 0.1) is 0 Å². The van der Waals surface area contributed by atoms with Crippen molar-refractivity contribution in [1.29, 1.82) is 0 Å². The van der Waals surface area contributed by atoms with Gasteiger partial charge in [-0.15, -0.1) is 0 Å². The van der Waals surface area contributed by atoms with Crippen molar-refractivity contribution in [2.24, 2.45) is 0 Å². The van der Waals surface area contributed by atoms with E-state index in [4.69, 9.17) is 0 Å². The molecule has 0 bridgehead atoms. The van der Waals surface area contributed by atoms with Crippen LogP contribution < -0.4 is 10.6 Å². The average Bonchev–Trinajstić information content (AvgIpc) is 2.95. The molecule has 0 radical (unpaired) electrons. The first-order chi connectivity index (χ1) is 9.99. The molecule has 1 fully saturated rings. The first-order valence-corrected chi connectivity index (χ1v) is 8.09. The van der Waals surface area contributed by atoms with Gasteiger partial charge in [0.25, 0.3) is 0 Å². The molecule has 0 aliphatic carbocycles. The van der Waals surface area contributed by atoms with Gasteiger partial charge in [-0.05, 0) is 25.0 Å². The van der Waals surface area contributed by atoms with Crippen molar-refractivity contribution >= 4 is 23.5 Å². The summed E-state index contributed by atoms with van der Waals surface area (Å²) in [5, 5.41) is 6.26. The van der Waals surface area contributed by atoms with Crippen LogP contribution in [-0.4, -0.2) is 34.1 Å². The standard InChI is InChI=1S/C13H19F3N4S/c1-2-5-17-12-19-10(13(14,15)16)7-11(20-12)18-8-9-4-3-6-21-9/h7,9H,2-6,8H2,1H3,(H2,17,18,19,20). The first kappa shape index (κ1) is 16.2. The summed E-state index contributed by atoms with van der Waals surface area (Å²) in [7, 11) is 0. The first-order valence-electron chi connectivity index (χ1n) is 7.04. The highest BCUT2D eigenvalue weighted by molar-refractivity contribution is 8.00. The van der Waals surface area contributed by atoms with Crippen LogP contribution >= 0.6 is 11.8 Å². The van der Waals surface area contributed by atoms with Gasteiger partial charge in [-0.3, -0.25) is 0 Å². The van der Waals surface area contributed by atoms with Crippen molar-refractivity contribution in [2.45, 2.75) is 37.6 Å². The molecule has 1 aromatic rings. The van der Waals surface area contributed by atoms with E-state index in [2.05, 4.69) is 20.6 Å².